The van der Waals surface area contributed by atoms with Gasteiger partial charge in [0.1, 0.15) is 6.04 Å². The third-order valence-corrected chi connectivity index (χ3v) is 2.65. The van der Waals surface area contributed by atoms with Crippen molar-refractivity contribution in [1.82, 2.24) is 5.32 Å². The summed E-state index contributed by atoms with van der Waals surface area (Å²) in [4.78, 5) is 30.2. The van der Waals surface area contributed by atoms with E-state index >= 15 is 0 Å². The predicted octanol–water partition coefficient (Wildman–Crippen LogP) is 0.372. The van der Waals surface area contributed by atoms with Gasteiger partial charge in [0.15, 0.2) is 0 Å². The molecular weight excluding hydrogens is 288 g/mol. The van der Waals surface area contributed by atoms with Crippen LogP contribution in [0.2, 0.25) is 0 Å². The van der Waals surface area contributed by atoms with Gasteiger partial charge in [0.25, 0.3) is 0 Å². The van der Waals surface area contributed by atoms with E-state index in [-0.39, 0.29) is 6.41 Å². The predicted molar refractivity (Wildman–Crippen MR) is 80.6 cm³/mol. The van der Waals surface area contributed by atoms with Gasteiger partial charge in [-0.25, -0.2) is 4.79 Å². The molecule has 2 amide bonds. The van der Waals surface area contributed by atoms with E-state index in [0.29, 0.717) is 32.5 Å². The van der Waals surface area contributed by atoms with E-state index < -0.39 is 12.0 Å². The van der Waals surface area contributed by atoms with Crippen LogP contribution in [0.25, 0.3) is 0 Å². The van der Waals surface area contributed by atoms with Crippen LogP contribution < -0.4 is 11.1 Å². The summed E-state index contributed by atoms with van der Waals surface area (Å²) in [7, 11) is 1.30. The van der Waals surface area contributed by atoms with Crippen LogP contribution in [0.15, 0.2) is 30.3 Å². The highest BCUT2D eigenvalue weighted by atomic mass is 16.5. The SMILES string of the molecule is COC(=O)C(CCCOCc1ccccc1)NC=O.NC=O. The van der Waals surface area contributed by atoms with E-state index in [1.54, 1.807) is 0 Å². The second-order valence-electron chi connectivity index (χ2n) is 4.18. The van der Waals surface area contributed by atoms with Crippen molar-refractivity contribution in [2.75, 3.05) is 13.7 Å². The molecule has 3 N–H and O–H groups in total. The molecule has 22 heavy (non-hydrogen) atoms. The average molecular weight is 310 g/mol. The molecule has 1 atom stereocenters. The quantitative estimate of drug-likeness (QED) is 0.389. The van der Waals surface area contributed by atoms with Crippen LogP contribution in [0.4, 0.5) is 0 Å². The van der Waals surface area contributed by atoms with Crippen LogP contribution in [0.5, 0.6) is 0 Å². The molecule has 0 fully saturated rings. The number of hydrogen-bond donors (Lipinski definition) is 2. The Balaban J connectivity index is 0.00000135. The lowest BCUT2D eigenvalue weighted by molar-refractivity contribution is -0.144. The highest BCUT2D eigenvalue weighted by Gasteiger charge is 2.17. The Morgan fingerprint density at radius 3 is 2.50 bits per heavy atom. The molecule has 0 aromatic heterocycles. The highest BCUT2D eigenvalue weighted by molar-refractivity contribution is 5.77. The summed E-state index contributed by atoms with van der Waals surface area (Å²) in [5, 5.41) is 2.43. The van der Waals surface area contributed by atoms with Crippen molar-refractivity contribution in [1.29, 1.82) is 0 Å². The molecule has 0 saturated carbocycles. The number of carbonyl (C=O) groups excluding carboxylic acids is 3. The Kier molecular flexibility index (Phi) is 12.1. The first kappa shape index (κ1) is 19.6. The molecule has 0 bridgehead atoms. The van der Waals surface area contributed by atoms with Crippen LogP contribution in [-0.2, 0) is 30.5 Å². The first-order chi connectivity index (χ1) is 10.7. The maximum Gasteiger partial charge on any atom is 0.328 e. The molecule has 1 aromatic rings. The number of rotatable bonds is 9. The standard InChI is InChI=1S/C14H19NO4.CH3NO/c1-18-14(17)13(15-11-16)8-5-9-19-10-12-6-3-2-4-7-12;2-1-3/h2-4,6-7,11,13H,5,8-10H2,1H3,(H,15,16);1H,(H2,2,3). The molecule has 0 aliphatic heterocycles. The summed E-state index contributed by atoms with van der Waals surface area (Å²) in [6.45, 7) is 1.08. The average Bonchev–Trinajstić information content (AvgIpc) is 2.54. The van der Waals surface area contributed by atoms with Crippen LogP contribution in [0.1, 0.15) is 18.4 Å². The second-order valence-corrected chi connectivity index (χ2v) is 4.18. The fourth-order valence-corrected chi connectivity index (χ4v) is 1.65. The van der Waals surface area contributed by atoms with Gasteiger partial charge in [-0.2, -0.15) is 0 Å². The lowest BCUT2D eigenvalue weighted by atomic mass is 10.1. The van der Waals surface area contributed by atoms with Gasteiger partial charge in [-0.05, 0) is 18.4 Å². The molecular formula is C15H22N2O5. The molecule has 0 radical (unpaired) electrons. The lowest BCUT2D eigenvalue weighted by Crippen LogP contribution is -2.36. The van der Waals surface area contributed by atoms with Gasteiger partial charge >= 0.3 is 5.97 Å². The van der Waals surface area contributed by atoms with Crippen LogP contribution in [0, 0.1) is 0 Å². The van der Waals surface area contributed by atoms with E-state index in [4.69, 9.17) is 9.53 Å². The van der Waals surface area contributed by atoms with Crippen molar-refractivity contribution >= 4 is 18.8 Å². The first-order valence-electron chi connectivity index (χ1n) is 6.74. The first-order valence-corrected chi connectivity index (χ1v) is 6.74. The van der Waals surface area contributed by atoms with E-state index in [1.165, 1.54) is 7.11 Å². The Labute approximate surface area is 129 Å². The summed E-state index contributed by atoms with van der Waals surface area (Å²) in [6, 6.07) is 9.26. The minimum atomic E-state index is -0.595. The zero-order valence-corrected chi connectivity index (χ0v) is 12.6. The molecule has 7 nitrogen and oxygen atoms in total. The maximum atomic E-state index is 11.3. The number of carbonyl (C=O) groups is 3. The third-order valence-electron chi connectivity index (χ3n) is 2.65. The monoisotopic (exact) mass is 310 g/mol. The normalized spacial score (nSPS) is 10.6. The molecule has 0 spiro atoms. The maximum absolute atomic E-state index is 11.3. The molecule has 0 saturated heterocycles. The number of amides is 2. The van der Waals surface area contributed by atoms with Crippen LogP contribution in [0.3, 0.4) is 0 Å². The van der Waals surface area contributed by atoms with Crippen molar-refractivity contribution in [2.45, 2.75) is 25.5 Å². The van der Waals surface area contributed by atoms with Gasteiger partial charge < -0.3 is 20.5 Å². The Bertz CT molecular complexity index is 425. The molecule has 7 heteroatoms. The molecule has 1 rings (SSSR count). The van der Waals surface area contributed by atoms with Crippen LogP contribution >= 0.6 is 0 Å². The number of ether oxygens (including phenoxy) is 2. The summed E-state index contributed by atoms with van der Waals surface area (Å²) in [5.74, 6) is -0.435. The van der Waals surface area contributed by atoms with E-state index in [1.807, 2.05) is 30.3 Å². The largest absolute Gasteiger partial charge is 0.467 e. The second kappa shape index (κ2) is 13.6. The number of hydrogen-bond acceptors (Lipinski definition) is 5. The molecule has 122 valence electrons. The number of nitrogens with two attached hydrogens (primary N) is 1. The number of nitrogens with one attached hydrogen (secondary N) is 1. The molecule has 1 unspecified atom stereocenters. The van der Waals surface area contributed by atoms with Gasteiger partial charge in [-0.3, -0.25) is 9.59 Å². The van der Waals surface area contributed by atoms with Gasteiger partial charge in [0, 0.05) is 6.61 Å². The van der Waals surface area contributed by atoms with Crippen molar-refractivity contribution in [2.24, 2.45) is 5.73 Å². The summed E-state index contributed by atoms with van der Waals surface area (Å²) < 4.78 is 10.1. The van der Waals surface area contributed by atoms with Crippen molar-refractivity contribution < 1.29 is 23.9 Å². The van der Waals surface area contributed by atoms with Crippen molar-refractivity contribution in [3.05, 3.63) is 35.9 Å². The Hall–Kier alpha value is -2.41. The van der Waals surface area contributed by atoms with E-state index in [0.717, 1.165) is 5.56 Å². The number of primary amides is 1. The van der Waals surface area contributed by atoms with Crippen molar-refractivity contribution in [3.8, 4) is 0 Å². The number of methoxy groups -OCH3 is 1. The van der Waals surface area contributed by atoms with Gasteiger partial charge in [-0.1, -0.05) is 30.3 Å². The smallest absolute Gasteiger partial charge is 0.328 e. The van der Waals surface area contributed by atoms with Crippen molar-refractivity contribution in [3.63, 3.8) is 0 Å². The molecule has 0 aliphatic rings. The van der Waals surface area contributed by atoms with E-state index in [2.05, 4.69) is 15.8 Å². The Morgan fingerprint density at radius 1 is 1.32 bits per heavy atom. The minimum absolute atomic E-state index is 0.250. The topological polar surface area (TPSA) is 108 Å². The molecule has 1 aromatic carbocycles. The number of esters is 1. The highest BCUT2D eigenvalue weighted by Crippen LogP contribution is 2.03. The van der Waals surface area contributed by atoms with E-state index in [9.17, 15) is 9.59 Å². The zero-order valence-electron chi connectivity index (χ0n) is 12.6. The minimum Gasteiger partial charge on any atom is -0.467 e. The van der Waals surface area contributed by atoms with Gasteiger partial charge in [0.2, 0.25) is 12.8 Å². The fourth-order valence-electron chi connectivity index (χ4n) is 1.65. The van der Waals surface area contributed by atoms with Gasteiger partial charge in [-0.15, -0.1) is 0 Å². The third kappa shape index (κ3) is 9.49. The van der Waals surface area contributed by atoms with Crippen LogP contribution in [-0.4, -0.2) is 38.5 Å². The molecule has 0 aliphatic carbocycles. The summed E-state index contributed by atoms with van der Waals surface area (Å²) in [6.07, 6.45) is 1.93. The number of benzene rings is 1. The summed E-state index contributed by atoms with van der Waals surface area (Å²) >= 11 is 0. The Morgan fingerprint density at radius 2 is 1.95 bits per heavy atom. The van der Waals surface area contributed by atoms with Gasteiger partial charge in [0.05, 0.1) is 13.7 Å². The lowest BCUT2D eigenvalue weighted by Gasteiger charge is -2.13. The fraction of sp³-hybridized carbons (Fsp3) is 0.400. The zero-order chi connectivity index (χ0) is 16.6. The molecule has 0 heterocycles. The summed E-state index contributed by atoms with van der Waals surface area (Å²) in [5.41, 5.74) is 5.28.